The zero-order valence-electron chi connectivity index (χ0n) is 15.2. The molecule has 2 fully saturated rings. The molecule has 1 aromatic rings. The molecule has 1 heterocycles. The third-order valence-corrected chi connectivity index (χ3v) is 8.48. The SMILES string of the molecule is CO[C@]12C=C[C@@]3(C[C@@H]1C(C)=O)[C@@H]1CCC[C@@]34c3c(ccc(O)c3O[C@@H]24)C1. The van der Waals surface area contributed by atoms with Crippen LogP contribution in [0.25, 0.3) is 0 Å². The minimum atomic E-state index is -0.741. The van der Waals surface area contributed by atoms with Crippen molar-refractivity contribution in [1.82, 2.24) is 0 Å². The predicted octanol–water partition coefficient (Wildman–Crippen LogP) is 3.30. The molecule has 4 heteroatoms. The van der Waals surface area contributed by atoms with Crippen molar-refractivity contribution in [2.75, 3.05) is 7.11 Å². The highest BCUT2D eigenvalue weighted by Crippen LogP contribution is 2.76. The quantitative estimate of drug-likeness (QED) is 0.830. The molecule has 1 N–H and O–H groups in total. The monoisotopic (exact) mass is 352 g/mol. The second kappa shape index (κ2) is 4.36. The van der Waals surface area contributed by atoms with Crippen LogP contribution < -0.4 is 4.74 Å². The van der Waals surface area contributed by atoms with Crippen molar-refractivity contribution in [3.63, 3.8) is 0 Å². The summed E-state index contributed by atoms with van der Waals surface area (Å²) < 4.78 is 12.6. The van der Waals surface area contributed by atoms with Crippen LogP contribution in [0, 0.1) is 17.3 Å². The van der Waals surface area contributed by atoms with Gasteiger partial charge in [0.2, 0.25) is 0 Å². The lowest BCUT2D eigenvalue weighted by atomic mass is 9.34. The summed E-state index contributed by atoms with van der Waals surface area (Å²) in [4.78, 5) is 12.7. The molecule has 6 aliphatic rings. The van der Waals surface area contributed by atoms with Gasteiger partial charge in [0.05, 0.1) is 5.92 Å². The van der Waals surface area contributed by atoms with E-state index < -0.39 is 5.60 Å². The Balaban J connectivity index is 1.73. The molecule has 1 aliphatic heterocycles. The van der Waals surface area contributed by atoms with E-state index in [2.05, 4.69) is 18.2 Å². The number of hydrogen-bond acceptors (Lipinski definition) is 4. The van der Waals surface area contributed by atoms with Gasteiger partial charge in [-0.1, -0.05) is 24.6 Å². The number of allylic oxidation sites excluding steroid dienone is 1. The van der Waals surface area contributed by atoms with Crippen LogP contribution in [0.2, 0.25) is 0 Å². The van der Waals surface area contributed by atoms with Crippen molar-refractivity contribution in [1.29, 1.82) is 0 Å². The molecule has 7 rings (SSSR count). The Morgan fingerprint density at radius 2 is 2.19 bits per heavy atom. The van der Waals surface area contributed by atoms with Gasteiger partial charge in [-0.3, -0.25) is 4.79 Å². The first-order valence-electron chi connectivity index (χ1n) is 9.78. The molecule has 4 bridgehead atoms. The Morgan fingerprint density at radius 1 is 1.35 bits per heavy atom. The topological polar surface area (TPSA) is 55.8 Å². The summed E-state index contributed by atoms with van der Waals surface area (Å²) in [6.07, 6.45) is 9.52. The average molecular weight is 352 g/mol. The van der Waals surface area contributed by atoms with Crippen LogP contribution in [0.5, 0.6) is 11.5 Å². The zero-order chi connectivity index (χ0) is 17.9. The van der Waals surface area contributed by atoms with Gasteiger partial charge in [0.25, 0.3) is 0 Å². The average Bonchev–Trinajstić information content (AvgIpc) is 2.99. The number of ether oxygens (including phenoxy) is 2. The molecule has 0 amide bonds. The number of phenolic OH excluding ortho intramolecular Hbond substituents is 1. The molecule has 26 heavy (non-hydrogen) atoms. The van der Waals surface area contributed by atoms with Crippen molar-refractivity contribution in [3.8, 4) is 11.5 Å². The van der Waals surface area contributed by atoms with Crippen LogP contribution in [0.15, 0.2) is 24.3 Å². The summed E-state index contributed by atoms with van der Waals surface area (Å²) in [6.45, 7) is 1.69. The molecule has 2 spiro atoms. The van der Waals surface area contributed by atoms with Gasteiger partial charge in [-0.2, -0.15) is 0 Å². The maximum Gasteiger partial charge on any atom is 0.165 e. The summed E-state index contributed by atoms with van der Waals surface area (Å²) >= 11 is 0. The molecule has 1 aromatic carbocycles. The van der Waals surface area contributed by atoms with Crippen LogP contribution in [-0.4, -0.2) is 29.7 Å². The molecule has 5 aliphatic carbocycles. The van der Waals surface area contributed by atoms with E-state index in [0.29, 0.717) is 11.7 Å². The fraction of sp³-hybridized carbons (Fsp3) is 0.591. The standard InChI is InChI=1S/C22H24O4/c1-12(23)15-11-20-8-9-22(15,25-2)19-21(20)7-3-4-14(20)10-13-5-6-16(24)18(26-19)17(13)21/h5-6,8-9,14-15,19,24H,3-4,7,10-11H2,1-2H3/t14-,15-,19-,20-,21+,22-/m1/s1. The summed E-state index contributed by atoms with van der Waals surface area (Å²) in [6, 6.07) is 3.86. The lowest BCUT2D eigenvalue weighted by Gasteiger charge is -2.69. The number of Topliss-reactive ketones (excluding diaryl/α,β-unsaturated/α-hetero) is 1. The van der Waals surface area contributed by atoms with E-state index in [1.807, 2.05) is 0 Å². The van der Waals surface area contributed by atoms with Gasteiger partial charge in [-0.05, 0) is 50.2 Å². The fourth-order valence-corrected chi connectivity index (χ4v) is 7.62. The maximum atomic E-state index is 12.7. The van der Waals surface area contributed by atoms with Gasteiger partial charge >= 0.3 is 0 Å². The second-order valence-electron chi connectivity index (χ2n) is 9.01. The highest BCUT2D eigenvalue weighted by Gasteiger charge is 2.78. The lowest BCUT2D eigenvalue weighted by Crippen LogP contribution is -2.75. The summed E-state index contributed by atoms with van der Waals surface area (Å²) in [7, 11) is 1.70. The highest BCUT2D eigenvalue weighted by atomic mass is 16.6. The molecule has 0 unspecified atom stereocenters. The minimum absolute atomic E-state index is 0.0570. The first-order chi connectivity index (χ1) is 12.5. The Bertz CT molecular complexity index is 888. The molecular weight excluding hydrogens is 328 g/mol. The van der Waals surface area contributed by atoms with Crippen molar-refractivity contribution in [2.24, 2.45) is 17.3 Å². The van der Waals surface area contributed by atoms with Crippen LogP contribution in [-0.2, 0) is 21.4 Å². The molecule has 136 valence electrons. The Kier molecular flexibility index (Phi) is 2.56. The smallest absolute Gasteiger partial charge is 0.165 e. The normalized spacial score (nSPS) is 46.0. The molecule has 2 saturated carbocycles. The van der Waals surface area contributed by atoms with Crippen LogP contribution in [0.1, 0.15) is 43.7 Å². The van der Waals surface area contributed by atoms with E-state index in [1.165, 1.54) is 24.0 Å². The van der Waals surface area contributed by atoms with E-state index in [9.17, 15) is 9.90 Å². The van der Waals surface area contributed by atoms with Crippen molar-refractivity contribution >= 4 is 5.78 Å². The van der Waals surface area contributed by atoms with E-state index in [4.69, 9.17) is 9.47 Å². The first kappa shape index (κ1) is 15.3. The number of carbonyl (C=O) groups is 1. The number of methoxy groups -OCH3 is 1. The number of rotatable bonds is 2. The Labute approximate surface area is 153 Å². The summed E-state index contributed by atoms with van der Waals surface area (Å²) in [5.41, 5.74) is 1.57. The largest absolute Gasteiger partial charge is 0.504 e. The summed E-state index contributed by atoms with van der Waals surface area (Å²) in [5, 5.41) is 10.6. The number of ketones is 1. The van der Waals surface area contributed by atoms with Crippen molar-refractivity contribution in [2.45, 2.75) is 56.1 Å². The number of aromatic hydroxyl groups is 1. The van der Waals surface area contributed by atoms with Gasteiger partial charge in [-0.15, -0.1) is 0 Å². The fourth-order valence-electron chi connectivity index (χ4n) is 7.62. The molecule has 6 atom stereocenters. The first-order valence-corrected chi connectivity index (χ1v) is 9.78. The number of carbonyl (C=O) groups excluding carboxylic acids is 1. The van der Waals surface area contributed by atoms with Crippen molar-refractivity contribution < 1.29 is 19.4 Å². The van der Waals surface area contributed by atoms with Gasteiger partial charge < -0.3 is 14.6 Å². The van der Waals surface area contributed by atoms with Crippen LogP contribution >= 0.6 is 0 Å². The molecular formula is C22H24O4. The van der Waals surface area contributed by atoms with Gasteiger partial charge in [-0.25, -0.2) is 0 Å². The van der Waals surface area contributed by atoms with Gasteiger partial charge in [0.15, 0.2) is 11.5 Å². The van der Waals surface area contributed by atoms with Crippen molar-refractivity contribution in [3.05, 3.63) is 35.4 Å². The molecule has 0 aromatic heterocycles. The third-order valence-electron chi connectivity index (χ3n) is 8.48. The Hall–Kier alpha value is -1.81. The van der Waals surface area contributed by atoms with Crippen LogP contribution in [0.4, 0.5) is 0 Å². The molecule has 0 radical (unpaired) electrons. The second-order valence-corrected chi connectivity index (χ2v) is 9.01. The zero-order valence-corrected chi connectivity index (χ0v) is 15.2. The predicted molar refractivity (Wildman–Crippen MR) is 95.3 cm³/mol. The number of benzene rings is 1. The van der Waals surface area contributed by atoms with E-state index in [1.54, 1.807) is 20.1 Å². The van der Waals surface area contributed by atoms with E-state index >= 15 is 0 Å². The third kappa shape index (κ3) is 1.28. The minimum Gasteiger partial charge on any atom is -0.504 e. The van der Waals surface area contributed by atoms with Gasteiger partial charge in [0.1, 0.15) is 17.5 Å². The summed E-state index contributed by atoms with van der Waals surface area (Å²) in [5.74, 6) is 1.38. The molecule has 4 nitrogen and oxygen atoms in total. The van der Waals surface area contributed by atoms with E-state index in [0.717, 1.165) is 19.3 Å². The lowest BCUT2D eigenvalue weighted by molar-refractivity contribution is -0.207. The molecule has 0 saturated heterocycles. The number of fused-ring (bicyclic) bond motifs is 1. The number of phenols is 1. The van der Waals surface area contributed by atoms with Gasteiger partial charge in [0, 0.05) is 23.5 Å². The van der Waals surface area contributed by atoms with E-state index in [-0.39, 0.29) is 34.4 Å². The van der Waals surface area contributed by atoms with Crippen LogP contribution in [0.3, 0.4) is 0 Å². The Morgan fingerprint density at radius 3 is 2.96 bits per heavy atom. The maximum absolute atomic E-state index is 12.7. The number of hydrogen-bond donors (Lipinski definition) is 1. The highest BCUT2D eigenvalue weighted by molar-refractivity contribution is 5.82.